The molecule has 3 heterocycles. The molecule has 1 aliphatic rings. The van der Waals surface area contributed by atoms with Gasteiger partial charge in [0.25, 0.3) is 0 Å². The van der Waals surface area contributed by atoms with Gasteiger partial charge < -0.3 is 32.8 Å². The monoisotopic (exact) mass is 589 g/mol. The molecule has 3 aromatic rings. The van der Waals surface area contributed by atoms with Crippen LogP contribution in [0.1, 0.15) is 33.5 Å². The normalized spacial score (nSPS) is 22.0. The highest BCUT2D eigenvalue weighted by Crippen LogP contribution is 2.32. The van der Waals surface area contributed by atoms with Crippen LogP contribution in [0.3, 0.4) is 0 Å². The maximum absolute atomic E-state index is 13.2. The van der Waals surface area contributed by atoms with Crippen LogP contribution < -0.4 is 10.2 Å². The lowest BCUT2D eigenvalue weighted by molar-refractivity contribution is -0.288. The predicted molar refractivity (Wildman–Crippen MR) is 141 cm³/mol. The fourth-order valence-corrected chi connectivity index (χ4v) is 4.95. The van der Waals surface area contributed by atoms with Crippen molar-refractivity contribution in [3.63, 3.8) is 0 Å². The highest BCUT2D eigenvalue weighted by molar-refractivity contribution is 7.07. The summed E-state index contributed by atoms with van der Waals surface area (Å²) < 4.78 is 39.1. The van der Waals surface area contributed by atoms with E-state index in [1.807, 2.05) is 0 Å². The van der Waals surface area contributed by atoms with Crippen LogP contribution in [0, 0.1) is 6.92 Å². The first-order chi connectivity index (χ1) is 19.4. The van der Waals surface area contributed by atoms with Gasteiger partial charge in [0.05, 0.1) is 22.2 Å². The van der Waals surface area contributed by atoms with E-state index < -0.39 is 61.2 Å². The summed E-state index contributed by atoms with van der Waals surface area (Å²) in [7, 11) is 0. The smallest absolute Gasteiger partial charge is 0.303 e. The molecule has 218 valence electrons. The van der Waals surface area contributed by atoms with Gasteiger partial charge in [-0.25, -0.2) is 4.98 Å². The molecule has 1 saturated heterocycles. The number of thiazole rings is 1. The Morgan fingerprint density at radius 3 is 2.20 bits per heavy atom. The molecular weight excluding hydrogens is 562 g/mol. The van der Waals surface area contributed by atoms with Gasteiger partial charge in [-0.1, -0.05) is 0 Å². The molecule has 41 heavy (non-hydrogen) atoms. The Kier molecular flexibility index (Phi) is 9.03. The van der Waals surface area contributed by atoms with Gasteiger partial charge in [0, 0.05) is 39.1 Å². The molecule has 1 fully saturated rings. The van der Waals surface area contributed by atoms with Crippen molar-refractivity contribution in [3.05, 3.63) is 45.1 Å². The molecule has 0 unspecified atom stereocenters. The van der Waals surface area contributed by atoms with Crippen LogP contribution in [0.15, 0.2) is 38.3 Å². The summed E-state index contributed by atoms with van der Waals surface area (Å²) in [5, 5.41) is 2.01. The zero-order valence-electron chi connectivity index (χ0n) is 22.7. The Morgan fingerprint density at radius 1 is 0.927 bits per heavy atom. The van der Waals surface area contributed by atoms with Crippen molar-refractivity contribution in [2.75, 3.05) is 6.61 Å². The summed E-state index contributed by atoms with van der Waals surface area (Å²) in [6, 6.07) is 4.42. The predicted octanol–water partition coefficient (Wildman–Crippen LogP) is 2.69. The summed E-state index contributed by atoms with van der Waals surface area (Å²) in [4.78, 5) is 64.9. The Hall–Kier alpha value is -4.30. The summed E-state index contributed by atoms with van der Waals surface area (Å²) in [5.74, 6) is -2.44. The van der Waals surface area contributed by atoms with E-state index in [0.717, 1.165) is 20.8 Å². The summed E-state index contributed by atoms with van der Waals surface area (Å²) in [5.41, 5.74) is 2.37. The topological polar surface area (TPSA) is 167 Å². The van der Waals surface area contributed by atoms with E-state index in [1.54, 1.807) is 17.8 Å². The molecule has 5 atom stereocenters. The molecule has 4 rings (SSSR count). The molecule has 0 spiro atoms. The minimum absolute atomic E-state index is 0.141. The first kappa shape index (κ1) is 29.7. The highest BCUT2D eigenvalue weighted by atomic mass is 32.1. The molecule has 2 aromatic heterocycles. The van der Waals surface area contributed by atoms with Crippen LogP contribution in [-0.2, 0) is 42.9 Å². The van der Waals surface area contributed by atoms with Gasteiger partial charge in [0.2, 0.25) is 17.8 Å². The standard InChI is InChI=1S/C27H27NO12S/c1-12-22(19-10-41-11-28-19)23(33)18-7-6-17(8-20(18)35-12)39-27-26(38-16(5)32)25(37-15(4)31)24(36-14(3)30)21(40-27)9-34-13(2)29/h6-8,10-11,21,24-27H,9H2,1-5H3/t21-,24-,25+,26-,27+/m0/s1. The second-order valence-corrected chi connectivity index (χ2v) is 9.80. The number of nitrogens with zero attached hydrogens (tertiary/aromatic N) is 1. The van der Waals surface area contributed by atoms with Crippen molar-refractivity contribution in [3.8, 4) is 17.0 Å². The SMILES string of the molecule is CC(=O)OC[C@@H]1O[C@@H](Oc2ccc3c(=O)c(-c4cscn4)c(C)oc3c2)[C@@H](OC(C)=O)[C@H](OC(C)=O)[C@H]1OC(C)=O. The van der Waals surface area contributed by atoms with E-state index in [4.69, 9.17) is 32.8 Å². The number of carbonyl (C=O) groups excluding carboxylic acids is 4. The van der Waals surface area contributed by atoms with Gasteiger partial charge in [-0.05, 0) is 19.1 Å². The Balaban J connectivity index is 1.73. The molecule has 0 aliphatic carbocycles. The Bertz CT molecular complexity index is 1510. The first-order valence-electron chi connectivity index (χ1n) is 12.4. The largest absolute Gasteiger partial charge is 0.463 e. The number of aromatic nitrogens is 1. The molecular formula is C27H27NO12S. The summed E-state index contributed by atoms with van der Waals surface area (Å²) >= 11 is 1.35. The number of benzene rings is 1. The second-order valence-electron chi connectivity index (χ2n) is 9.08. The molecule has 1 aliphatic heterocycles. The number of aryl methyl sites for hydroxylation is 1. The number of ether oxygens (including phenoxy) is 6. The first-order valence-corrected chi connectivity index (χ1v) is 13.3. The van der Waals surface area contributed by atoms with Crippen LogP contribution in [0.2, 0.25) is 0 Å². The zero-order chi connectivity index (χ0) is 29.8. The number of hydrogen-bond donors (Lipinski definition) is 0. The lowest BCUT2D eigenvalue weighted by atomic mass is 9.98. The van der Waals surface area contributed by atoms with Crippen molar-refractivity contribution >= 4 is 46.2 Å². The summed E-state index contributed by atoms with van der Waals surface area (Å²) in [6.45, 7) is 5.79. The van der Waals surface area contributed by atoms with E-state index >= 15 is 0 Å². The average molecular weight is 590 g/mol. The fraction of sp³-hybridized carbons (Fsp3) is 0.407. The Labute approximate surface area is 237 Å². The van der Waals surface area contributed by atoms with Crippen LogP contribution in [0.25, 0.3) is 22.2 Å². The van der Waals surface area contributed by atoms with Crippen molar-refractivity contribution in [2.45, 2.75) is 65.3 Å². The van der Waals surface area contributed by atoms with Crippen molar-refractivity contribution in [2.24, 2.45) is 0 Å². The lowest BCUT2D eigenvalue weighted by Crippen LogP contribution is -2.63. The number of esters is 4. The average Bonchev–Trinajstić information content (AvgIpc) is 3.40. The van der Waals surface area contributed by atoms with Gasteiger partial charge in [0.1, 0.15) is 29.8 Å². The molecule has 0 bridgehead atoms. The van der Waals surface area contributed by atoms with Crippen LogP contribution in [0.5, 0.6) is 5.75 Å². The number of hydrogen-bond acceptors (Lipinski definition) is 14. The number of rotatable bonds is 8. The van der Waals surface area contributed by atoms with E-state index in [1.165, 1.54) is 36.5 Å². The van der Waals surface area contributed by atoms with E-state index in [9.17, 15) is 24.0 Å². The minimum Gasteiger partial charge on any atom is -0.463 e. The molecule has 0 amide bonds. The molecule has 0 N–H and O–H groups in total. The zero-order valence-corrected chi connectivity index (χ0v) is 23.6. The van der Waals surface area contributed by atoms with Gasteiger partial charge in [0.15, 0.2) is 12.2 Å². The van der Waals surface area contributed by atoms with Crippen LogP contribution in [-0.4, -0.2) is 66.2 Å². The molecule has 13 nitrogen and oxygen atoms in total. The van der Waals surface area contributed by atoms with Crippen molar-refractivity contribution < 1.29 is 52.0 Å². The molecule has 0 radical (unpaired) electrons. The van der Waals surface area contributed by atoms with E-state index in [2.05, 4.69) is 4.98 Å². The molecule has 14 heteroatoms. The van der Waals surface area contributed by atoms with Crippen LogP contribution in [0.4, 0.5) is 0 Å². The summed E-state index contributed by atoms with van der Waals surface area (Å²) in [6.07, 6.45) is -6.73. The maximum atomic E-state index is 13.2. The van der Waals surface area contributed by atoms with Crippen molar-refractivity contribution in [1.82, 2.24) is 4.98 Å². The number of fused-ring (bicyclic) bond motifs is 1. The van der Waals surface area contributed by atoms with Gasteiger partial charge >= 0.3 is 23.9 Å². The third-order valence-corrected chi connectivity index (χ3v) is 6.52. The second kappa shape index (κ2) is 12.5. The minimum atomic E-state index is -1.44. The van der Waals surface area contributed by atoms with Gasteiger partial charge in [-0.3, -0.25) is 24.0 Å². The van der Waals surface area contributed by atoms with E-state index in [-0.39, 0.29) is 22.1 Å². The van der Waals surface area contributed by atoms with Gasteiger partial charge in [-0.15, -0.1) is 11.3 Å². The third-order valence-electron chi connectivity index (χ3n) is 5.93. The molecule has 1 aromatic carbocycles. The van der Waals surface area contributed by atoms with Gasteiger partial charge in [-0.2, -0.15) is 0 Å². The van der Waals surface area contributed by atoms with E-state index in [0.29, 0.717) is 17.0 Å². The Morgan fingerprint density at radius 2 is 1.59 bits per heavy atom. The number of carbonyl (C=O) groups is 4. The lowest BCUT2D eigenvalue weighted by Gasteiger charge is -2.43. The quantitative estimate of drug-likeness (QED) is 0.278. The highest BCUT2D eigenvalue weighted by Gasteiger charge is 2.53. The van der Waals surface area contributed by atoms with Crippen molar-refractivity contribution in [1.29, 1.82) is 0 Å². The molecule has 0 saturated carbocycles. The third kappa shape index (κ3) is 6.89. The maximum Gasteiger partial charge on any atom is 0.303 e. The van der Waals surface area contributed by atoms with Crippen LogP contribution >= 0.6 is 11.3 Å². The fourth-order valence-electron chi connectivity index (χ4n) is 4.41.